The number of nitrogens with zero attached hydrogens (tertiary/aromatic N) is 1. The minimum absolute atomic E-state index is 0.0357. The van der Waals surface area contributed by atoms with Crippen molar-refractivity contribution in [3.05, 3.63) is 54.3 Å². The number of carbonyl (C=O) groups is 1. The third-order valence-corrected chi connectivity index (χ3v) is 5.79. The van der Waals surface area contributed by atoms with Gasteiger partial charge in [-0.05, 0) is 54.8 Å². The second-order valence-electron chi connectivity index (χ2n) is 4.74. The van der Waals surface area contributed by atoms with E-state index in [1.54, 1.807) is 12.1 Å². The van der Waals surface area contributed by atoms with Crippen LogP contribution in [0.4, 0.5) is 10.1 Å². The topological polar surface area (TPSA) is 63.7 Å². The van der Waals surface area contributed by atoms with Crippen LogP contribution in [-0.4, -0.2) is 34.3 Å². The highest BCUT2D eigenvalue weighted by Gasteiger charge is 2.27. The molecule has 0 aliphatic heterocycles. The SMILES string of the molecule is COC(=O)CN(c1ccc(F)cc1)S(=O)(=O)c1ccc(SC)cc1. The number of thioether (sulfide) groups is 1. The van der Waals surface area contributed by atoms with Crippen LogP contribution in [0.15, 0.2) is 58.3 Å². The Bertz CT molecular complexity index is 805. The molecule has 0 aromatic heterocycles. The van der Waals surface area contributed by atoms with Crippen LogP contribution in [0.2, 0.25) is 0 Å². The van der Waals surface area contributed by atoms with Gasteiger partial charge in [-0.1, -0.05) is 0 Å². The van der Waals surface area contributed by atoms with Gasteiger partial charge < -0.3 is 4.74 Å². The zero-order valence-electron chi connectivity index (χ0n) is 13.1. The van der Waals surface area contributed by atoms with Gasteiger partial charge in [0.15, 0.2) is 0 Å². The van der Waals surface area contributed by atoms with Crippen LogP contribution >= 0.6 is 11.8 Å². The van der Waals surface area contributed by atoms with Crippen LogP contribution in [0, 0.1) is 5.82 Å². The fraction of sp³-hybridized carbons (Fsp3) is 0.188. The number of hydrogen-bond donors (Lipinski definition) is 0. The van der Waals surface area contributed by atoms with Gasteiger partial charge in [-0.2, -0.15) is 0 Å². The van der Waals surface area contributed by atoms with Crippen LogP contribution in [0.3, 0.4) is 0 Å². The van der Waals surface area contributed by atoms with Crippen molar-refractivity contribution in [1.82, 2.24) is 0 Å². The Labute approximate surface area is 144 Å². The molecule has 0 bridgehead atoms. The monoisotopic (exact) mass is 369 g/mol. The summed E-state index contributed by atoms with van der Waals surface area (Å²) in [6, 6.07) is 11.1. The molecule has 0 radical (unpaired) electrons. The van der Waals surface area contributed by atoms with Crippen molar-refractivity contribution in [2.24, 2.45) is 0 Å². The number of rotatable bonds is 6. The van der Waals surface area contributed by atoms with Crippen molar-refractivity contribution in [2.45, 2.75) is 9.79 Å². The first-order valence-corrected chi connectivity index (χ1v) is 9.54. The summed E-state index contributed by atoms with van der Waals surface area (Å²) in [5, 5.41) is 0. The molecule has 2 aromatic rings. The number of hydrogen-bond acceptors (Lipinski definition) is 5. The van der Waals surface area contributed by atoms with E-state index in [0.717, 1.165) is 21.3 Å². The lowest BCUT2D eigenvalue weighted by atomic mass is 10.3. The Morgan fingerprint density at radius 1 is 1.12 bits per heavy atom. The van der Waals surface area contributed by atoms with Crippen LogP contribution in [-0.2, 0) is 19.6 Å². The number of methoxy groups -OCH3 is 1. The van der Waals surface area contributed by atoms with E-state index >= 15 is 0 Å². The highest BCUT2D eigenvalue weighted by atomic mass is 32.2. The van der Waals surface area contributed by atoms with Gasteiger partial charge in [-0.25, -0.2) is 12.8 Å². The lowest BCUT2D eigenvalue weighted by Crippen LogP contribution is -2.36. The van der Waals surface area contributed by atoms with Crippen molar-refractivity contribution < 1.29 is 22.3 Å². The standard InChI is InChI=1S/C16H16FNO4S2/c1-22-16(19)11-18(13-5-3-12(17)4-6-13)24(20,21)15-9-7-14(23-2)8-10-15/h3-10H,11H2,1-2H3. The lowest BCUT2D eigenvalue weighted by molar-refractivity contribution is -0.138. The molecule has 0 heterocycles. The molecule has 0 atom stereocenters. The van der Waals surface area contributed by atoms with E-state index in [-0.39, 0.29) is 10.6 Å². The van der Waals surface area contributed by atoms with Gasteiger partial charge in [0.1, 0.15) is 12.4 Å². The van der Waals surface area contributed by atoms with Gasteiger partial charge in [0.25, 0.3) is 10.0 Å². The molecule has 0 amide bonds. The summed E-state index contributed by atoms with van der Waals surface area (Å²) in [5.41, 5.74) is 0.177. The van der Waals surface area contributed by atoms with E-state index in [0.29, 0.717) is 0 Å². The normalized spacial score (nSPS) is 11.1. The largest absolute Gasteiger partial charge is 0.468 e. The predicted octanol–water partition coefficient (Wildman–Crippen LogP) is 2.92. The van der Waals surface area contributed by atoms with E-state index in [2.05, 4.69) is 4.74 Å². The molecule has 2 rings (SSSR count). The minimum Gasteiger partial charge on any atom is -0.468 e. The van der Waals surface area contributed by atoms with Crippen molar-refractivity contribution in [3.63, 3.8) is 0 Å². The first kappa shape index (κ1) is 18.3. The first-order chi connectivity index (χ1) is 11.4. The van der Waals surface area contributed by atoms with Crippen molar-refractivity contribution in [3.8, 4) is 0 Å². The number of sulfonamides is 1. The van der Waals surface area contributed by atoms with Crippen molar-refractivity contribution in [2.75, 3.05) is 24.2 Å². The Hall–Kier alpha value is -2.06. The molecule has 0 fully saturated rings. The number of esters is 1. The molecule has 0 saturated carbocycles. The van der Waals surface area contributed by atoms with Gasteiger partial charge in [-0.3, -0.25) is 9.10 Å². The molecular weight excluding hydrogens is 353 g/mol. The Kier molecular flexibility index (Phi) is 5.84. The zero-order chi connectivity index (χ0) is 17.7. The predicted molar refractivity (Wildman–Crippen MR) is 91.2 cm³/mol. The van der Waals surface area contributed by atoms with E-state index in [4.69, 9.17) is 0 Å². The van der Waals surface area contributed by atoms with Gasteiger partial charge in [0.2, 0.25) is 0 Å². The maximum absolute atomic E-state index is 13.1. The Morgan fingerprint density at radius 2 is 1.71 bits per heavy atom. The number of anilines is 1. The maximum Gasteiger partial charge on any atom is 0.326 e. The number of halogens is 1. The van der Waals surface area contributed by atoms with Crippen LogP contribution in [0.1, 0.15) is 0 Å². The van der Waals surface area contributed by atoms with Crippen LogP contribution in [0.5, 0.6) is 0 Å². The maximum atomic E-state index is 13.1. The van der Waals surface area contributed by atoms with Crippen LogP contribution < -0.4 is 4.31 Å². The lowest BCUT2D eigenvalue weighted by Gasteiger charge is -2.23. The molecule has 128 valence electrons. The van der Waals surface area contributed by atoms with E-state index in [9.17, 15) is 17.6 Å². The summed E-state index contributed by atoms with van der Waals surface area (Å²) < 4.78 is 44.4. The summed E-state index contributed by atoms with van der Waals surface area (Å²) in [4.78, 5) is 12.6. The third-order valence-electron chi connectivity index (χ3n) is 3.26. The highest BCUT2D eigenvalue weighted by molar-refractivity contribution is 7.98. The second-order valence-corrected chi connectivity index (χ2v) is 7.48. The van der Waals surface area contributed by atoms with E-state index < -0.39 is 28.4 Å². The Morgan fingerprint density at radius 3 is 2.21 bits per heavy atom. The zero-order valence-corrected chi connectivity index (χ0v) is 14.7. The quantitative estimate of drug-likeness (QED) is 0.579. The first-order valence-electron chi connectivity index (χ1n) is 6.87. The molecule has 24 heavy (non-hydrogen) atoms. The molecule has 0 saturated heterocycles. The number of ether oxygens (including phenoxy) is 1. The number of carbonyl (C=O) groups excluding carboxylic acids is 1. The Balaban J connectivity index is 2.47. The summed E-state index contributed by atoms with van der Waals surface area (Å²) in [6.07, 6.45) is 1.88. The van der Waals surface area contributed by atoms with Crippen LogP contribution in [0.25, 0.3) is 0 Å². The minimum atomic E-state index is -4.00. The average molecular weight is 369 g/mol. The molecule has 2 aromatic carbocycles. The molecule has 0 spiro atoms. The van der Waals surface area contributed by atoms with Gasteiger partial charge in [-0.15, -0.1) is 11.8 Å². The molecule has 0 N–H and O–H groups in total. The number of benzene rings is 2. The van der Waals surface area contributed by atoms with Gasteiger partial charge in [0, 0.05) is 4.90 Å². The second kappa shape index (κ2) is 7.67. The van der Waals surface area contributed by atoms with E-state index in [1.807, 2.05) is 6.26 Å². The molecule has 0 unspecified atom stereocenters. The highest BCUT2D eigenvalue weighted by Crippen LogP contribution is 2.25. The fourth-order valence-electron chi connectivity index (χ4n) is 1.98. The van der Waals surface area contributed by atoms with Crippen molar-refractivity contribution >= 4 is 33.4 Å². The molecule has 5 nitrogen and oxygen atoms in total. The molecular formula is C16H16FNO4S2. The van der Waals surface area contributed by atoms with Gasteiger partial charge in [0.05, 0.1) is 17.7 Å². The van der Waals surface area contributed by atoms with Gasteiger partial charge >= 0.3 is 5.97 Å². The molecule has 0 aliphatic rings. The molecule has 0 aliphatic carbocycles. The smallest absolute Gasteiger partial charge is 0.326 e. The average Bonchev–Trinajstić information content (AvgIpc) is 2.60. The molecule has 8 heteroatoms. The summed E-state index contributed by atoms with van der Waals surface area (Å²) in [6.45, 7) is -0.505. The summed E-state index contributed by atoms with van der Waals surface area (Å²) in [7, 11) is -2.82. The summed E-state index contributed by atoms with van der Waals surface area (Å²) >= 11 is 1.48. The summed E-state index contributed by atoms with van der Waals surface area (Å²) in [5.74, 6) is -1.22. The fourth-order valence-corrected chi connectivity index (χ4v) is 3.80. The third kappa shape index (κ3) is 4.07. The van der Waals surface area contributed by atoms with Crippen molar-refractivity contribution in [1.29, 1.82) is 0 Å². The van der Waals surface area contributed by atoms with E-state index in [1.165, 1.54) is 43.1 Å².